The fourth-order valence-corrected chi connectivity index (χ4v) is 3.34. The normalized spacial score (nSPS) is 14.1. The van der Waals surface area contributed by atoms with Crippen molar-refractivity contribution >= 4 is 5.91 Å². The number of halogens is 4. The van der Waals surface area contributed by atoms with Crippen LogP contribution in [-0.4, -0.2) is 24.1 Å². The van der Waals surface area contributed by atoms with E-state index in [2.05, 4.69) is 15.0 Å². The number of nitrogens with two attached hydrogens (primary N) is 1. The number of alkyl halides is 2. The Balaban J connectivity index is 1.56. The quantitative estimate of drug-likeness (QED) is 0.388. The number of hydrogen-bond donors (Lipinski definition) is 2. The molecular weight excluding hydrogens is 470 g/mol. The molecule has 2 aromatic carbocycles. The van der Waals surface area contributed by atoms with E-state index in [1.165, 1.54) is 18.2 Å². The van der Waals surface area contributed by atoms with Crippen molar-refractivity contribution < 1.29 is 36.2 Å². The molecule has 3 N–H and O–H groups in total. The van der Waals surface area contributed by atoms with Gasteiger partial charge in [0.05, 0.1) is 24.8 Å². The Bertz CT molecular complexity index is 1210. The second-order valence-electron chi connectivity index (χ2n) is 8.22. The molecule has 0 spiro atoms. The topological polar surface area (TPSA) is 99.6 Å². The summed E-state index contributed by atoms with van der Waals surface area (Å²) in [6.07, 6.45) is 2.03. The fourth-order valence-electron chi connectivity index (χ4n) is 3.34. The summed E-state index contributed by atoms with van der Waals surface area (Å²) in [6, 6.07) is 6.32. The van der Waals surface area contributed by atoms with E-state index in [1.807, 2.05) is 0 Å². The lowest BCUT2D eigenvalue weighted by atomic mass is 10.2. The molecule has 1 atom stereocenters. The predicted molar refractivity (Wildman–Crippen MR) is 117 cm³/mol. The number of benzene rings is 2. The van der Waals surface area contributed by atoms with Crippen LogP contribution in [0.15, 0.2) is 40.8 Å². The van der Waals surface area contributed by atoms with Gasteiger partial charge in [0.2, 0.25) is 5.89 Å². The Morgan fingerprint density at radius 1 is 1.20 bits per heavy atom. The molecule has 11 heteroatoms. The highest BCUT2D eigenvalue weighted by molar-refractivity contribution is 5.94. The zero-order valence-electron chi connectivity index (χ0n) is 18.7. The molecule has 4 rings (SSSR count). The molecular formula is C24H23F4N3O4. The highest BCUT2D eigenvalue weighted by Gasteiger charge is 2.24. The first kappa shape index (κ1) is 24.5. The van der Waals surface area contributed by atoms with Gasteiger partial charge in [0, 0.05) is 11.6 Å². The number of carbonyl (C=O) groups is 1. The molecule has 35 heavy (non-hydrogen) atoms. The Morgan fingerprint density at radius 2 is 1.97 bits per heavy atom. The van der Waals surface area contributed by atoms with Crippen LogP contribution in [0.25, 0.3) is 11.5 Å². The average Bonchev–Trinajstić information content (AvgIpc) is 3.53. The summed E-state index contributed by atoms with van der Waals surface area (Å²) in [5.41, 5.74) is 6.36. The minimum Gasteiger partial charge on any atom is -0.489 e. The van der Waals surface area contributed by atoms with E-state index in [0.29, 0.717) is 29.8 Å². The summed E-state index contributed by atoms with van der Waals surface area (Å²) in [5, 5.41) is 2.51. The van der Waals surface area contributed by atoms with Gasteiger partial charge in [0.15, 0.2) is 11.5 Å². The summed E-state index contributed by atoms with van der Waals surface area (Å²) in [7, 11) is 0. The van der Waals surface area contributed by atoms with Crippen LogP contribution >= 0.6 is 0 Å². The number of rotatable bonds is 10. The lowest BCUT2D eigenvalue weighted by molar-refractivity contribution is -0.0515. The lowest BCUT2D eigenvalue weighted by Crippen LogP contribution is -2.25. The van der Waals surface area contributed by atoms with Crippen molar-refractivity contribution in [2.24, 2.45) is 11.7 Å². The molecule has 1 fully saturated rings. The maximum Gasteiger partial charge on any atom is 0.387 e. The molecule has 0 radical (unpaired) electrons. The first-order valence-corrected chi connectivity index (χ1v) is 10.9. The van der Waals surface area contributed by atoms with E-state index in [-0.39, 0.29) is 35.3 Å². The van der Waals surface area contributed by atoms with E-state index >= 15 is 0 Å². The zero-order chi connectivity index (χ0) is 25.1. The van der Waals surface area contributed by atoms with Crippen molar-refractivity contribution in [2.75, 3.05) is 6.61 Å². The van der Waals surface area contributed by atoms with Gasteiger partial charge in [-0.2, -0.15) is 8.78 Å². The summed E-state index contributed by atoms with van der Waals surface area (Å²) in [4.78, 5) is 16.7. The van der Waals surface area contributed by atoms with Crippen LogP contribution in [0.3, 0.4) is 0 Å². The molecule has 0 unspecified atom stereocenters. The van der Waals surface area contributed by atoms with Crippen LogP contribution in [0, 0.1) is 17.6 Å². The Hall–Kier alpha value is -3.60. The van der Waals surface area contributed by atoms with Gasteiger partial charge in [-0.1, -0.05) is 0 Å². The SMILES string of the molecule is C[C@H](N)c1oc(-c2ccc(OC(F)F)c(OCC3CC3)c2)nc1CNC(=O)c1ccc(F)cc1F. The van der Waals surface area contributed by atoms with Crippen LogP contribution in [0.5, 0.6) is 11.5 Å². The maximum absolute atomic E-state index is 13.9. The van der Waals surface area contributed by atoms with Crippen LogP contribution in [0.2, 0.25) is 0 Å². The smallest absolute Gasteiger partial charge is 0.387 e. The number of aromatic nitrogens is 1. The molecule has 1 aliphatic rings. The Kier molecular flexibility index (Phi) is 7.25. The highest BCUT2D eigenvalue weighted by atomic mass is 19.3. The number of nitrogens with one attached hydrogen (secondary N) is 1. The third-order valence-electron chi connectivity index (χ3n) is 5.31. The highest BCUT2D eigenvalue weighted by Crippen LogP contribution is 2.37. The number of hydrogen-bond acceptors (Lipinski definition) is 6. The first-order chi connectivity index (χ1) is 16.7. The predicted octanol–water partition coefficient (Wildman–Crippen LogP) is 4.96. The Labute approximate surface area is 198 Å². The van der Waals surface area contributed by atoms with Crippen LogP contribution in [-0.2, 0) is 6.54 Å². The van der Waals surface area contributed by atoms with Gasteiger partial charge in [-0.05, 0) is 56.0 Å². The zero-order valence-corrected chi connectivity index (χ0v) is 18.7. The second-order valence-corrected chi connectivity index (χ2v) is 8.22. The summed E-state index contributed by atoms with van der Waals surface area (Å²) < 4.78 is 68.6. The Morgan fingerprint density at radius 3 is 2.63 bits per heavy atom. The molecule has 186 valence electrons. The molecule has 3 aromatic rings. The largest absolute Gasteiger partial charge is 0.489 e. The molecule has 1 aromatic heterocycles. The van der Waals surface area contributed by atoms with Gasteiger partial charge in [-0.25, -0.2) is 13.8 Å². The van der Waals surface area contributed by atoms with Gasteiger partial charge in [0.25, 0.3) is 5.91 Å². The molecule has 7 nitrogen and oxygen atoms in total. The minimum absolute atomic E-state index is 0.114. The summed E-state index contributed by atoms with van der Waals surface area (Å²) >= 11 is 0. The third kappa shape index (κ3) is 6.10. The monoisotopic (exact) mass is 493 g/mol. The van der Waals surface area contributed by atoms with Crippen molar-refractivity contribution in [3.05, 3.63) is 65.1 Å². The molecule has 0 aliphatic heterocycles. The van der Waals surface area contributed by atoms with Gasteiger partial charge >= 0.3 is 6.61 Å². The molecule has 1 aliphatic carbocycles. The van der Waals surface area contributed by atoms with Gasteiger partial charge < -0.3 is 24.9 Å². The van der Waals surface area contributed by atoms with E-state index in [9.17, 15) is 22.4 Å². The summed E-state index contributed by atoms with van der Waals surface area (Å²) in [5.74, 6) is -1.79. The number of ether oxygens (including phenoxy) is 2. The number of oxazole rings is 1. The van der Waals surface area contributed by atoms with Gasteiger partial charge in [-0.15, -0.1) is 0 Å². The lowest BCUT2D eigenvalue weighted by Gasteiger charge is -2.12. The van der Waals surface area contributed by atoms with Crippen molar-refractivity contribution in [2.45, 2.75) is 39.0 Å². The average molecular weight is 493 g/mol. The fraction of sp³-hybridized carbons (Fsp3) is 0.333. The molecule has 1 amide bonds. The van der Waals surface area contributed by atoms with Crippen molar-refractivity contribution in [3.63, 3.8) is 0 Å². The maximum atomic E-state index is 13.9. The van der Waals surface area contributed by atoms with Gasteiger partial charge in [-0.3, -0.25) is 4.79 Å². The van der Waals surface area contributed by atoms with Crippen molar-refractivity contribution in [1.29, 1.82) is 0 Å². The van der Waals surface area contributed by atoms with Crippen molar-refractivity contribution in [1.82, 2.24) is 10.3 Å². The van der Waals surface area contributed by atoms with Crippen LogP contribution in [0.1, 0.15) is 47.6 Å². The van der Waals surface area contributed by atoms with E-state index in [0.717, 1.165) is 25.0 Å². The summed E-state index contributed by atoms with van der Waals surface area (Å²) in [6.45, 7) is -1.14. The van der Waals surface area contributed by atoms with E-state index < -0.39 is 30.2 Å². The van der Waals surface area contributed by atoms with E-state index in [1.54, 1.807) is 6.92 Å². The molecule has 1 saturated carbocycles. The van der Waals surface area contributed by atoms with Gasteiger partial charge in [0.1, 0.15) is 23.1 Å². The van der Waals surface area contributed by atoms with Crippen LogP contribution < -0.4 is 20.5 Å². The molecule has 0 bridgehead atoms. The third-order valence-corrected chi connectivity index (χ3v) is 5.31. The number of amides is 1. The van der Waals surface area contributed by atoms with E-state index in [4.69, 9.17) is 14.9 Å². The first-order valence-electron chi connectivity index (χ1n) is 10.9. The standard InChI is InChI=1S/C24H23F4N3O4/c1-12(29)21-18(10-30-22(32)16-6-5-15(25)9-17(16)26)31-23(35-21)14-4-7-19(34-24(27)28)20(8-14)33-11-13-2-3-13/h4-9,12-13,24H,2-3,10-11,29H2,1H3,(H,30,32)/t12-/m0/s1. The second kappa shape index (κ2) is 10.3. The molecule has 0 saturated heterocycles. The number of nitrogens with zero attached hydrogens (tertiary/aromatic N) is 1. The number of carbonyl (C=O) groups excluding carboxylic acids is 1. The minimum atomic E-state index is -3.02. The molecule has 1 heterocycles. The van der Waals surface area contributed by atoms with Crippen molar-refractivity contribution in [3.8, 4) is 23.0 Å². The van der Waals surface area contributed by atoms with Crippen LogP contribution in [0.4, 0.5) is 17.6 Å².